The maximum atomic E-state index is 14.1. The quantitative estimate of drug-likeness (QED) is 0.816. The first-order valence-electron chi connectivity index (χ1n) is 10.8. The number of nitrogens with one attached hydrogen (secondary N) is 1. The molecule has 6 nitrogen and oxygen atoms in total. The van der Waals surface area contributed by atoms with Gasteiger partial charge in [-0.2, -0.15) is 5.26 Å². The van der Waals surface area contributed by atoms with E-state index in [-0.39, 0.29) is 17.6 Å². The molecule has 158 valence electrons. The third kappa shape index (κ3) is 4.44. The van der Waals surface area contributed by atoms with Crippen molar-refractivity contribution in [2.24, 2.45) is 17.8 Å². The second-order valence-electron chi connectivity index (χ2n) is 8.86. The summed E-state index contributed by atoms with van der Waals surface area (Å²) in [6.45, 7) is 5.02. The fourth-order valence-corrected chi connectivity index (χ4v) is 5.06. The number of nitrogens with zero attached hydrogens (tertiary/aromatic N) is 4. The van der Waals surface area contributed by atoms with Gasteiger partial charge in [0.1, 0.15) is 24.4 Å². The van der Waals surface area contributed by atoms with Gasteiger partial charge in [0.15, 0.2) is 0 Å². The summed E-state index contributed by atoms with van der Waals surface area (Å²) in [5.74, 6) is 0.725. The number of ketones is 1. The summed E-state index contributed by atoms with van der Waals surface area (Å²) in [6, 6.07) is 5.97. The van der Waals surface area contributed by atoms with E-state index in [4.69, 9.17) is 0 Å². The second kappa shape index (κ2) is 9.05. The Morgan fingerprint density at radius 1 is 1.37 bits per heavy atom. The van der Waals surface area contributed by atoms with Crippen LogP contribution in [0.1, 0.15) is 38.2 Å². The van der Waals surface area contributed by atoms with E-state index in [0.717, 1.165) is 43.5 Å². The molecule has 0 saturated carbocycles. The van der Waals surface area contributed by atoms with Crippen molar-refractivity contribution in [3.05, 3.63) is 30.2 Å². The fraction of sp³-hybridized carbons (Fsp3) is 0.565. The molecule has 7 heteroatoms. The molecule has 2 aliphatic heterocycles. The molecule has 4 rings (SSSR count). The largest absolute Gasteiger partial charge is 0.370 e. The van der Waals surface area contributed by atoms with Crippen LogP contribution in [0.25, 0.3) is 10.9 Å². The van der Waals surface area contributed by atoms with Gasteiger partial charge in [0.05, 0.1) is 11.1 Å². The molecule has 1 N–H and O–H groups in total. The summed E-state index contributed by atoms with van der Waals surface area (Å²) in [6.07, 6.45) is 4.89. The monoisotopic (exact) mass is 409 g/mol. The van der Waals surface area contributed by atoms with Gasteiger partial charge >= 0.3 is 0 Å². The van der Waals surface area contributed by atoms with Crippen molar-refractivity contribution >= 4 is 22.4 Å². The number of halogens is 1. The smallest absolute Gasteiger partial charge is 0.133 e. The molecule has 2 fully saturated rings. The summed E-state index contributed by atoms with van der Waals surface area (Å²) in [5, 5.41) is 13.3. The molecular weight excluding hydrogens is 381 g/mol. The van der Waals surface area contributed by atoms with Crippen LogP contribution in [0.15, 0.2) is 24.7 Å². The van der Waals surface area contributed by atoms with E-state index < -0.39 is 6.17 Å². The number of hydrogen-bond donors (Lipinski definition) is 1. The first kappa shape index (κ1) is 20.7. The number of nitriles is 1. The van der Waals surface area contributed by atoms with Crippen molar-refractivity contribution < 1.29 is 9.18 Å². The van der Waals surface area contributed by atoms with Crippen LogP contribution in [0.5, 0.6) is 0 Å². The van der Waals surface area contributed by atoms with E-state index in [1.54, 1.807) is 6.20 Å². The Morgan fingerprint density at radius 2 is 2.23 bits per heavy atom. The van der Waals surface area contributed by atoms with Gasteiger partial charge in [0.2, 0.25) is 0 Å². The normalized spacial score (nSPS) is 27.0. The van der Waals surface area contributed by atoms with Crippen LogP contribution >= 0.6 is 0 Å². The van der Waals surface area contributed by atoms with Crippen molar-refractivity contribution in [1.82, 2.24) is 15.3 Å². The zero-order chi connectivity index (χ0) is 21.1. The predicted octanol–water partition coefficient (Wildman–Crippen LogP) is 3.26. The van der Waals surface area contributed by atoms with Crippen LogP contribution in [0, 0.1) is 29.1 Å². The first-order valence-corrected chi connectivity index (χ1v) is 10.8. The molecule has 4 atom stereocenters. The number of rotatable bonds is 5. The molecule has 2 saturated heterocycles. The lowest BCUT2D eigenvalue weighted by Crippen LogP contribution is -2.41. The van der Waals surface area contributed by atoms with Crippen LogP contribution < -0.4 is 10.2 Å². The van der Waals surface area contributed by atoms with Gasteiger partial charge in [-0.05, 0) is 49.3 Å². The second-order valence-corrected chi connectivity index (χ2v) is 8.86. The number of carbonyl (C=O) groups excluding carboxylic acids is 1. The highest BCUT2D eigenvalue weighted by Crippen LogP contribution is 2.34. The Bertz CT molecular complexity index is 958. The van der Waals surface area contributed by atoms with Crippen LogP contribution in [0.2, 0.25) is 0 Å². The van der Waals surface area contributed by atoms with E-state index >= 15 is 0 Å². The minimum absolute atomic E-state index is 0.143. The lowest BCUT2D eigenvalue weighted by atomic mass is 9.83. The molecule has 30 heavy (non-hydrogen) atoms. The number of alkyl halides is 1. The average Bonchev–Trinajstić information content (AvgIpc) is 2.74. The maximum absolute atomic E-state index is 14.1. The van der Waals surface area contributed by atoms with Crippen LogP contribution in [-0.2, 0) is 4.79 Å². The van der Waals surface area contributed by atoms with Gasteiger partial charge in [-0.25, -0.2) is 14.4 Å². The van der Waals surface area contributed by atoms with E-state index in [2.05, 4.69) is 33.2 Å². The summed E-state index contributed by atoms with van der Waals surface area (Å²) in [4.78, 5) is 23.5. The van der Waals surface area contributed by atoms with Crippen molar-refractivity contribution in [1.29, 1.82) is 5.26 Å². The number of fused-ring (bicyclic) bond motifs is 1. The molecule has 0 bridgehead atoms. The molecule has 0 spiro atoms. The molecule has 0 amide bonds. The zero-order valence-corrected chi connectivity index (χ0v) is 17.4. The minimum Gasteiger partial charge on any atom is -0.370 e. The Balaban J connectivity index is 1.48. The van der Waals surface area contributed by atoms with Crippen molar-refractivity contribution in [3.8, 4) is 6.07 Å². The number of carbonyl (C=O) groups is 1. The Hall–Kier alpha value is -2.59. The highest BCUT2D eigenvalue weighted by Gasteiger charge is 2.31. The molecule has 2 aromatic rings. The van der Waals surface area contributed by atoms with Gasteiger partial charge in [-0.3, -0.25) is 4.79 Å². The lowest BCUT2D eigenvalue weighted by molar-refractivity contribution is -0.121. The fourth-order valence-electron chi connectivity index (χ4n) is 5.06. The Morgan fingerprint density at radius 3 is 3.03 bits per heavy atom. The van der Waals surface area contributed by atoms with Crippen molar-refractivity contribution in [2.75, 3.05) is 31.1 Å². The van der Waals surface area contributed by atoms with Crippen molar-refractivity contribution in [3.63, 3.8) is 0 Å². The van der Waals surface area contributed by atoms with Crippen LogP contribution in [0.3, 0.4) is 0 Å². The molecule has 1 aromatic heterocycles. The molecule has 2 aliphatic rings. The standard InChI is InChI=1S/C23H28FN5O/c1-15-6-16(7-19(30)8-17-4-5-26-11-21(17)24)13-29(12-15)22-3-2-18(9-25)23-20(22)10-27-14-28-23/h2-3,10,14-17,21,26H,4-8,11-13H2,1H3/t15-,16-,17-,21-/m0/s1. The SMILES string of the molecule is C[C@H]1C[C@@H](CC(=O)C[C@@H]2CCNC[C@@H]2F)CN(c2ccc(C#N)c3ncncc23)C1. The number of piperidine rings is 2. The van der Waals surface area contributed by atoms with Crippen LogP contribution in [0.4, 0.5) is 10.1 Å². The number of benzene rings is 1. The minimum atomic E-state index is -0.922. The van der Waals surface area contributed by atoms with Gasteiger partial charge in [-0.1, -0.05) is 6.92 Å². The van der Waals surface area contributed by atoms with Gasteiger partial charge in [-0.15, -0.1) is 0 Å². The topological polar surface area (TPSA) is 81.9 Å². The highest BCUT2D eigenvalue weighted by molar-refractivity contribution is 5.94. The molecule has 3 heterocycles. The Kier molecular flexibility index (Phi) is 6.24. The van der Waals surface area contributed by atoms with E-state index in [1.165, 1.54) is 6.33 Å². The number of anilines is 1. The highest BCUT2D eigenvalue weighted by atomic mass is 19.1. The first-order chi connectivity index (χ1) is 14.5. The molecule has 0 unspecified atom stereocenters. The summed E-state index contributed by atoms with van der Waals surface area (Å²) >= 11 is 0. The predicted molar refractivity (Wildman–Crippen MR) is 114 cm³/mol. The van der Waals surface area contributed by atoms with Gasteiger partial charge < -0.3 is 10.2 Å². The third-order valence-electron chi connectivity index (χ3n) is 6.41. The van der Waals surface area contributed by atoms with Gasteiger partial charge in [0, 0.05) is 49.7 Å². The van der Waals surface area contributed by atoms with E-state index in [1.807, 2.05) is 12.1 Å². The van der Waals surface area contributed by atoms with E-state index in [0.29, 0.717) is 36.4 Å². The summed E-state index contributed by atoms with van der Waals surface area (Å²) in [5.41, 5.74) is 2.21. The molecular formula is C23H28FN5O. The maximum Gasteiger partial charge on any atom is 0.133 e. The summed E-state index contributed by atoms with van der Waals surface area (Å²) < 4.78 is 14.1. The molecule has 0 radical (unpaired) electrons. The average molecular weight is 410 g/mol. The third-order valence-corrected chi connectivity index (χ3v) is 6.41. The lowest BCUT2D eigenvalue weighted by Gasteiger charge is -2.38. The number of hydrogen-bond acceptors (Lipinski definition) is 6. The van der Waals surface area contributed by atoms with E-state index in [9.17, 15) is 14.4 Å². The molecule has 0 aliphatic carbocycles. The zero-order valence-electron chi connectivity index (χ0n) is 17.4. The number of Topliss-reactive ketones (excluding diaryl/α,β-unsaturated/α-hetero) is 1. The van der Waals surface area contributed by atoms with Crippen molar-refractivity contribution in [2.45, 2.75) is 38.8 Å². The molecule has 1 aromatic carbocycles. The van der Waals surface area contributed by atoms with Gasteiger partial charge in [0.25, 0.3) is 0 Å². The summed E-state index contributed by atoms with van der Waals surface area (Å²) in [7, 11) is 0. The Labute approximate surface area is 176 Å². The van der Waals surface area contributed by atoms with Crippen LogP contribution in [-0.4, -0.2) is 48.1 Å². The number of aromatic nitrogens is 2.